The Balaban J connectivity index is 2.54. The van der Waals surface area contributed by atoms with Crippen molar-refractivity contribution in [3.05, 3.63) is 35.2 Å². The number of hydrogen-bond acceptors (Lipinski definition) is 3. The Kier molecular flexibility index (Phi) is 5.16. The highest BCUT2D eigenvalue weighted by atomic mass is 35.5. The van der Waals surface area contributed by atoms with E-state index in [9.17, 15) is 0 Å². The molecule has 0 saturated carbocycles. The second-order valence-corrected chi connectivity index (χ2v) is 14.1. The number of para-hydroxylation sites is 1. The van der Waals surface area contributed by atoms with Crippen molar-refractivity contribution >= 4 is 30.8 Å². The van der Waals surface area contributed by atoms with Crippen LogP contribution in [-0.2, 0) is 4.43 Å². The van der Waals surface area contributed by atoms with Crippen molar-refractivity contribution < 1.29 is 4.43 Å². The van der Waals surface area contributed by atoms with E-state index in [0.717, 1.165) is 10.9 Å². The van der Waals surface area contributed by atoms with Gasteiger partial charge in [-0.3, -0.25) is 0 Å². The molecule has 0 amide bonds. The van der Waals surface area contributed by atoms with Gasteiger partial charge in [-0.1, -0.05) is 65.3 Å². The van der Waals surface area contributed by atoms with E-state index in [4.69, 9.17) is 21.0 Å². The molecule has 1 aromatic carbocycles. The summed E-state index contributed by atoms with van der Waals surface area (Å²) in [7, 11) is -1.97. The minimum Gasteiger partial charge on any atom is -0.406 e. The number of rotatable bonds is 3. The van der Waals surface area contributed by atoms with Gasteiger partial charge in [0.1, 0.15) is 11.3 Å². The van der Waals surface area contributed by atoms with Crippen LogP contribution in [0.15, 0.2) is 24.3 Å². The summed E-state index contributed by atoms with van der Waals surface area (Å²) >= 11 is 6.42. The summed E-state index contributed by atoms with van der Waals surface area (Å²) in [6.07, 6.45) is -0.194. The third-order valence-corrected chi connectivity index (χ3v) is 9.54. The van der Waals surface area contributed by atoms with Crippen molar-refractivity contribution in [3.63, 3.8) is 0 Å². The first-order valence-corrected chi connectivity index (χ1v) is 11.7. The van der Waals surface area contributed by atoms with Gasteiger partial charge < -0.3 is 4.43 Å². The molecule has 2 rings (SSSR count). The summed E-state index contributed by atoms with van der Waals surface area (Å²) < 4.78 is 6.71. The van der Waals surface area contributed by atoms with Gasteiger partial charge in [0.15, 0.2) is 14.1 Å². The molecule has 0 saturated heterocycles. The Labute approximate surface area is 151 Å². The SMILES string of the molecule is CC(C)(C)[C@H](O[Si](C)(C)C(C)(C)C)c1nc(Cl)c2ccccc2n1. The fraction of sp³-hybridized carbons (Fsp3) is 0.579. The minimum atomic E-state index is -1.97. The molecule has 0 N–H and O–H groups in total. The second kappa shape index (κ2) is 6.39. The smallest absolute Gasteiger partial charge is 0.193 e. The first-order valence-electron chi connectivity index (χ1n) is 8.43. The molecule has 0 bridgehead atoms. The zero-order valence-corrected chi connectivity index (χ0v) is 17.8. The Morgan fingerprint density at radius 2 is 1.58 bits per heavy atom. The molecule has 3 nitrogen and oxygen atoms in total. The fourth-order valence-corrected chi connectivity index (χ4v) is 3.91. The van der Waals surface area contributed by atoms with Crippen LogP contribution in [0.1, 0.15) is 53.5 Å². The molecule has 5 heteroatoms. The highest BCUT2D eigenvalue weighted by Gasteiger charge is 2.43. The molecule has 0 aliphatic rings. The Morgan fingerprint density at radius 3 is 2.12 bits per heavy atom. The number of benzene rings is 1. The molecule has 0 fully saturated rings. The van der Waals surface area contributed by atoms with E-state index in [1.807, 2.05) is 24.3 Å². The third-order valence-electron chi connectivity index (χ3n) is 4.81. The molecule has 0 aliphatic heterocycles. The summed E-state index contributed by atoms with van der Waals surface area (Å²) in [6.45, 7) is 17.7. The number of hydrogen-bond donors (Lipinski definition) is 0. The minimum absolute atomic E-state index is 0.122. The second-order valence-electron chi connectivity index (χ2n) is 9.01. The van der Waals surface area contributed by atoms with Crippen molar-refractivity contribution in [2.24, 2.45) is 5.41 Å². The first kappa shape index (κ1) is 19.4. The van der Waals surface area contributed by atoms with E-state index in [0.29, 0.717) is 11.0 Å². The summed E-state index contributed by atoms with van der Waals surface area (Å²) in [4.78, 5) is 9.36. The van der Waals surface area contributed by atoms with Crippen molar-refractivity contribution in [2.45, 2.75) is 65.8 Å². The van der Waals surface area contributed by atoms with Crippen LogP contribution in [0.25, 0.3) is 10.9 Å². The normalized spacial score (nSPS) is 14.9. The zero-order chi connectivity index (χ0) is 18.3. The fourth-order valence-electron chi connectivity index (χ4n) is 2.26. The third kappa shape index (κ3) is 3.98. The van der Waals surface area contributed by atoms with Gasteiger partial charge in [-0.25, -0.2) is 9.97 Å². The number of nitrogens with zero attached hydrogens (tertiary/aromatic N) is 2. The highest BCUT2D eigenvalue weighted by Crippen LogP contribution is 2.44. The monoisotopic (exact) mass is 364 g/mol. The maximum atomic E-state index is 6.71. The van der Waals surface area contributed by atoms with Gasteiger partial charge in [0.25, 0.3) is 0 Å². The quantitative estimate of drug-likeness (QED) is 0.467. The largest absolute Gasteiger partial charge is 0.406 e. The molecule has 0 aliphatic carbocycles. The number of aromatic nitrogens is 2. The van der Waals surface area contributed by atoms with Crippen LogP contribution in [0.2, 0.25) is 23.3 Å². The van der Waals surface area contributed by atoms with Gasteiger partial charge >= 0.3 is 0 Å². The average molecular weight is 365 g/mol. The van der Waals surface area contributed by atoms with Gasteiger partial charge in [-0.2, -0.15) is 0 Å². The first-order chi connectivity index (χ1) is 10.8. The van der Waals surface area contributed by atoms with Crippen molar-refractivity contribution in [1.29, 1.82) is 0 Å². The van der Waals surface area contributed by atoms with E-state index >= 15 is 0 Å². The Morgan fingerprint density at radius 1 is 1.00 bits per heavy atom. The summed E-state index contributed by atoms with van der Waals surface area (Å²) in [6, 6.07) is 7.83. The lowest BCUT2D eigenvalue weighted by molar-refractivity contribution is 0.0653. The van der Waals surface area contributed by atoms with E-state index in [1.165, 1.54) is 0 Å². The van der Waals surface area contributed by atoms with Crippen molar-refractivity contribution in [3.8, 4) is 0 Å². The van der Waals surface area contributed by atoms with Crippen LogP contribution in [-0.4, -0.2) is 18.3 Å². The lowest BCUT2D eigenvalue weighted by Crippen LogP contribution is -2.44. The summed E-state index contributed by atoms with van der Waals surface area (Å²) in [5.41, 5.74) is 0.738. The molecule has 0 radical (unpaired) electrons. The zero-order valence-electron chi connectivity index (χ0n) is 16.1. The predicted molar refractivity (Wildman–Crippen MR) is 105 cm³/mol. The number of fused-ring (bicyclic) bond motifs is 1. The Bertz CT molecular complexity index is 732. The predicted octanol–water partition coefficient (Wildman–Crippen LogP) is 6.39. The van der Waals surface area contributed by atoms with Crippen LogP contribution in [0.5, 0.6) is 0 Å². The van der Waals surface area contributed by atoms with Gasteiger partial charge in [0.2, 0.25) is 0 Å². The number of halogens is 1. The van der Waals surface area contributed by atoms with Gasteiger partial charge in [-0.15, -0.1) is 0 Å². The van der Waals surface area contributed by atoms with Gasteiger partial charge in [-0.05, 0) is 35.7 Å². The molecular weight excluding hydrogens is 336 g/mol. The highest BCUT2D eigenvalue weighted by molar-refractivity contribution is 6.74. The van der Waals surface area contributed by atoms with Crippen LogP contribution < -0.4 is 0 Å². The van der Waals surface area contributed by atoms with Gasteiger partial charge in [0.05, 0.1) is 5.52 Å². The molecule has 1 aromatic heterocycles. The van der Waals surface area contributed by atoms with Gasteiger partial charge in [0, 0.05) is 5.39 Å². The lowest BCUT2D eigenvalue weighted by Gasteiger charge is -2.42. The topological polar surface area (TPSA) is 35.0 Å². The van der Waals surface area contributed by atoms with Crippen LogP contribution >= 0.6 is 11.6 Å². The van der Waals surface area contributed by atoms with E-state index in [1.54, 1.807) is 0 Å². The maximum Gasteiger partial charge on any atom is 0.193 e. The molecule has 132 valence electrons. The summed E-state index contributed by atoms with van der Waals surface area (Å²) in [5, 5.41) is 1.49. The molecule has 2 aromatic rings. The molecular formula is C19H29ClN2OSi. The van der Waals surface area contributed by atoms with Crippen molar-refractivity contribution in [2.75, 3.05) is 0 Å². The summed E-state index contributed by atoms with van der Waals surface area (Å²) in [5.74, 6) is 0.677. The molecule has 1 atom stereocenters. The van der Waals surface area contributed by atoms with E-state index in [2.05, 4.69) is 59.6 Å². The van der Waals surface area contributed by atoms with Crippen LogP contribution in [0, 0.1) is 5.41 Å². The van der Waals surface area contributed by atoms with Crippen molar-refractivity contribution in [1.82, 2.24) is 9.97 Å². The molecule has 0 spiro atoms. The molecule has 24 heavy (non-hydrogen) atoms. The Hall–Kier alpha value is -0.973. The maximum absolute atomic E-state index is 6.71. The standard InChI is InChI=1S/C19H29ClN2OSi/c1-18(2,3)15(23-24(7,8)19(4,5)6)17-21-14-12-10-9-11-13(14)16(20)22-17/h9-12,15H,1-8H3/t15-/m1/s1. The average Bonchev–Trinajstić information content (AvgIpc) is 2.42. The molecule has 1 heterocycles. The van der Waals surface area contributed by atoms with E-state index in [-0.39, 0.29) is 16.6 Å². The van der Waals surface area contributed by atoms with E-state index < -0.39 is 8.32 Å². The molecule has 0 unspecified atom stereocenters. The lowest BCUT2D eigenvalue weighted by atomic mass is 9.88. The van der Waals surface area contributed by atoms with Crippen LogP contribution in [0.3, 0.4) is 0 Å². The van der Waals surface area contributed by atoms with Crippen LogP contribution in [0.4, 0.5) is 0 Å².